The lowest BCUT2D eigenvalue weighted by Crippen LogP contribution is -2.30. The van der Waals surface area contributed by atoms with Gasteiger partial charge in [0.25, 0.3) is 5.91 Å². The van der Waals surface area contributed by atoms with Crippen molar-refractivity contribution in [1.82, 2.24) is 4.57 Å². The van der Waals surface area contributed by atoms with E-state index in [1.54, 1.807) is 19.2 Å². The molecule has 7 nitrogen and oxygen atoms in total. The first kappa shape index (κ1) is 22.9. The van der Waals surface area contributed by atoms with Gasteiger partial charge < -0.3 is 19.4 Å². The topological polar surface area (TPSA) is 93.3 Å². The van der Waals surface area contributed by atoms with E-state index >= 15 is 0 Å². The number of amides is 1. The summed E-state index contributed by atoms with van der Waals surface area (Å²) in [5, 5.41) is 12.1. The van der Waals surface area contributed by atoms with E-state index in [9.17, 15) is 14.9 Å². The molecular formula is C23H27N3O4. The van der Waals surface area contributed by atoms with Crippen molar-refractivity contribution in [2.75, 3.05) is 19.0 Å². The first-order valence-electron chi connectivity index (χ1n) is 9.62. The molecular weight excluding hydrogens is 382 g/mol. The first-order valence-corrected chi connectivity index (χ1v) is 9.62. The number of rotatable bonds is 8. The summed E-state index contributed by atoms with van der Waals surface area (Å²) in [5.74, 6) is -1.31. The largest absolute Gasteiger partial charge is 0.448 e. The van der Waals surface area contributed by atoms with Crippen LogP contribution in [0.5, 0.6) is 0 Å². The van der Waals surface area contributed by atoms with Crippen molar-refractivity contribution >= 4 is 23.6 Å². The number of nitrogens with one attached hydrogen (secondary N) is 1. The van der Waals surface area contributed by atoms with Crippen molar-refractivity contribution in [3.05, 3.63) is 58.4 Å². The zero-order chi connectivity index (χ0) is 22.3. The third kappa shape index (κ3) is 5.82. The van der Waals surface area contributed by atoms with Crippen LogP contribution in [0.4, 0.5) is 5.69 Å². The smallest absolute Gasteiger partial charge is 0.349 e. The second kappa shape index (κ2) is 10.4. The quantitative estimate of drug-likeness (QED) is 0.409. The van der Waals surface area contributed by atoms with Gasteiger partial charge in [0.15, 0.2) is 6.10 Å². The van der Waals surface area contributed by atoms with Crippen LogP contribution in [0.2, 0.25) is 0 Å². The van der Waals surface area contributed by atoms with Crippen LogP contribution in [0.15, 0.2) is 35.9 Å². The van der Waals surface area contributed by atoms with Crippen molar-refractivity contribution in [1.29, 1.82) is 5.26 Å². The Balaban J connectivity index is 2.09. The number of nitriles is 1. The zero-order valence-corrected chi connectivity index (χ0v) is 18.0. The third-order valence-corrected chi connectivity index (χ3v) is 4.74. The van der Waals surface area contributed by atoms with Gasteiger partial charge in [0.1, 0.15) is 11.6 Å². The summed E-state index contributed by atoms with van der Waals surface area (Å²) < 4.78 is 12.4. The number of nitrogens with zero attached hydrogens (tertiary/aromatic N) is 2. The number of aryl methyl sites for hydroxylation is 2. The molecule has 1 aromatic heterocycles. The van der Waals surface area contributed by atoms with Crippen LogP contribution < -0.4 is 5.32 Å². The summed E-state index contributed by atoms with van der Waals surface area (Å²) in [6, 6.07) is 11.0. The number of benzene rings is 1. The van der Waals surface area contributed by atoms with Crippen molar-refractivity contribution in [3.63, 3.8) is 0 Å². The predicted octanol–water partition coefficient (Wildman–Crippen LogP) is 3.54. The monoisotopic (exact) mass is 409 g/mol. The van der Waals surface area contributed by atoms with Gasteiger partial charge in [-0.05, 0) is 57.5 Å². The lowest BCUT2D eigenvalue weighted by atomic mass is 10.1. The zero-order valence-electron chi connectivity index (χ0n) is 18.0. The number of hydrogen-bond acceptors (Lipinski definition) is 5. The van der Waals surface area contributed by atoms with Gasteiger partial charge in [-0.1, -0.05) is 17.7 Å². The number of carbonyl (C=O) groups is 2. The molecule has 1 aromatic carbocycles. The van der Waals surface area contributed by atoms with Crippen molar-refractivity contribution in [2.45, 2.75) is 40.3 Å². The third-order valence-electron chi connectivity index (χ3n) is 4.74. The highest BCUT2D eigenvalue weighted by Gasteiger charge is 2.21. The van der Waals surface area contributed by atoms with Crippen molar-refractivity contribution < 1.29 is 19.1 Å². The van der Waals surface area contributed by atoms with E-state index in [2.05, 4.69) is 5.32 Å². The molecule has 30 heavy (non-hydrogen) atoms. The standard InChI is InChI=1S/C23H27N3O4/c1-15-6-8-21(9-7-15)25-22(27)18(4)30-23(28)20(14-24)13-19-12-16(2)26(17(19)3)10-11-29-5/h6-9,12-13,18H,10-11H2,1-5H3,(H,25,27)/b20-13+/t18-/m0/s1. The SMILES string of the molecule is COCCn1c(C)cc(/C=C(\C#N)C(=O)O[C@@H](C)C(=O)Nc2ccc(C)cc2)c1C. The van der Waals surface area contributed by atoms with E-state index in [1.807, 2.05) is 49.6 Å². The fraction of sp³-hybridized carbons (Fsp3) is 0.348. The average Bonchev–Trinajstić information content (AvgIpc) is 2.98. The number of esters is 1. The lowest BCUT2D eigenvalue weighted by Gasteiger charge is -2.13. The lowest BCUT2D eigenvalue weighted by molar-refractivity contribution is -0.148. The molecule has 0 bridgehead atoms. The molecule has 2 aromatic rings. The maximum Gasteiger partial charge on any atom is 0.349 e. The van der Waals surface area contributed by atoms with E-state index in [1.165, 1.54) is 13.0 Å². The van der Waals surface area contributed by atoms with E-state index in [0.717, 1.165) is 22.5 Å². The van der Waals surface area contributed by atoms with Gasteiger partial charge in [0.2, 0.25) is 0 Å². The van der Waals surface area contributed by atoms with Gasteiger partial charge in [-0.3, -0.25) is 4.79 Å². The fourth-order valence-electron chi connectivity index (χ4n) is 2.95. The van der Waals surface area contributed by atoms with Crippen LogP contribution in [0, 0.1) is 32.1 Å². The molecule has 1 atom stereocenters. The Bertz CT molecular complexity index is 981. The molecule has 0 radical (unpaired) electrons. The highest BCUT2D eigenvalue weighted by atomic mass is 16.5. The summed E-state index contributed by atoms with van der Waals surface area (Å²) in [7, 11) is 1.63. The molecule has 0 fully saturated rings. The number of carbonyl (C=O) groups excluding carboxylic acids is 2. The Kier molecular flexibility index (Phi) is 7.96. The molecule has 2 rings (SSSR count). The van der Waals surface area contributed by atoms with Gasteiger partial charge in [0, 0.05) is 30.7 Å². The summed E-state index contributed by atoms with van der Waals surface area (Å²) in [6.45, 7) is 8.49. The van der Waals surface area contributed by atoms with Gasteiger partial charge in [-0.25, -0.2) is 4.79 Å². The van der Waals surface area contributed by atoms with Crippen LogP contribution in [0.25, 0.3) is 6.08 Å². The normalized spacial score (nSPS) is 12.2. The van der Waals surface area contributed by atoms with Gasteiger partial charge in [-0.2, -0.15) is 5.26 Å². The minimum Gasteiger partial charge on any atom is -0.448 e. The van der Waals surface area contributed by atoms with Gasteiger partial charge >= 0.3 is 5.97 Å². The highest BCUT2D eigenvalue weighted by Crippen LogP contribution is 2.19. The maximum atomic E-state index is 12.4. The van der Waals surface area contributed by atoms with Crippen LogP contribution in [-0.4, -0.2) is 36.3 Å². The summed E-state index contributed by atoms with van der Waals surface area (Å²) in [6.07, 6.45) is 0.433. The Morgan fingerprint density at radius 3 is 2.50 bits per heavy atom. The van der Waals surface area contributed by atoms with E-state index in [0.29, 0.717) is 18.8 Å². The number of anilines is 1. The van der Waals surface area contributed by atoms with E-state index in [-0.39, 0.29) is 5.57 Å². The Labute approximate surface area is 176 Å². The molecule has 0 aliphatic carbocycles. The number of methoxy groups -OCH3 is 1. The van der Waals surface area contributed by atoms with Crippen LogP contribution in [0.3, 0.4) is 0 Å². The molecule has 0 saturated heterocycles. The van der Waals surface area contributed by atoms with Crippen LogP contribution in [-0.2, 0) is 25.6 Å². The summed E-state index contributed by atoms with van der Waals surface area (Å²) in [4.78, 5) is 24.7. The molecule has 7 heteroatoms. The maximum absolute atomic E-state index is 12.4. The minimum absolute atomic E-state index is 0.169. The van der Waals surface area contributed by atoms with E-state index < -0.39 is 18.0 Å². The van der Waals surface area contributed by atoms with E-state index in [4.69, 9.17) is 9.47 Å². The molecule has 158 valence electrons. The number of aromatic nitrogens is 1. The molecule has 1 amide bonds. The predicted molar refractivity (Wildman–Crippen MR) is 115 cm³/mol. The fourth-order valence-corrected chi connectivity index (χ4v) is 2.95. The molecule has 1 heterocycles. The summed E-state index contributed by atoms with van der Waals surface area (Å²) in [5.41, 5.74) is 4.15. The van der Waals surface area contributed by atoms with Crippen LogP contribution in [0.1, 0.15) is 29.4 Å². The highest BCUT2D eigenvalue weighted by molar-refractivity contribution is 6.01. The molecule has 0 spiro atoms. The number of ether oxygens (including phenoxy) is 2. The molecule has 1 N–H and O–H groups in total. The van der Waals surface area contributed by atoms with Crippen molar-refractivity contribution in [3.8, 4) is 6.07 Å². The first-order chi connectivity index (χ1) is 14.3. The molecule has 0 aliphatic heterocycles. The molecule has 0 unspecified atom stereocenters. The number of hydrogen-bond donors (Lipinski definition) is 1. The second-order valence-electron chi connectivity index (χ2n) is 7.04. The Morgan fingerprint density at radius 2 is 1.90 bits per heavy atom. The molecule has 0 aliphatic rings. The second-order valence-corrected chi connectivity index (χ2v) is 7.04. The minimum atomic E-state index is -1.05. The Morgan fingerprint density at radius 1 is 1.23 bits per heavy atom. The van der Waals surface area contributed by atoms with Crippen molar-refractivity contribution in [2.24, 2.45) is 0 Å². The average molecular weight is 409 g/mol. The summed E-state index contributed by atoms with van der Waals surface area (Å²) >= 11 is 0. The Hall–Kier alpha value is -3.37. The van der Waals surface area contributed by atoms with Gasteiger partial charge in [0.05, 0.1) is 6.61 Å². The van der Waals surface area contributed by atoms with Crippen LogP contribution >= 0.6 is 0 Å². The van der Waals surface area contributed by atoms with Gasteiger partial charge in [-0.15, -0.1) is 0 Å². The molecule has 0 saturated carbocycles.